The van der Waals surface area contributed by atoms with Gasteiger partial charge in [-0.05, 0) is 68.8 Å². The van der Waals surface area contributed by atoms with Crippen molar-refractivity contribution in [3.8, 4) is 0 Å². The average molecular weight is 369 g/mol. The quantitative estimate of drug-likeness (QED) is 0.499. The Balaban J connectivity index is 1.79. The van der Waals surface area contributed by atoms with Crippen molar-refractivity contribution >= 4 is 11.8 Å². The van der Waals surface area contributed by atoms with E-state index in [4.69, 9.17) is 4.74 Å². The van der Waals surface area contributed by atoms with Gasteiger partial charge in [0.2, 0.25) is 0 Å². The number of hydrogen-bond donors (Lipinski definition) is 0. The van der Waals surface area contributed by atoms with E-state index in [1.165, 1.54) is 23.6 Å². The van der Waals surface area contributed by atoms with Crippen LogP contribution < -0.4 is 0 Å². The van der Waals surface area contributed by atoms with E-state index in [0.717, 1.165) is 32.1 Å². The van der Waals surface area contributed by atoms with Gasteiger partial charge < -0.3 is 4.74 Å². The summed E-state index contributed by atoms with van der Waals surface area (Å²) in [5, 5.41) is 0. The number of carbonyl (C=O) groups is 2. The molecule has 0 radical (unpaired) electrons. The second-order valence-electron chi connectivity index (χ2n) is 9.69. The molecule has 3 nitrogen and oxygen atoms in total. The summed E-state index contributed by atoms with van der Waals surface area (Å²) in [6.07, 6.45) is 11.9. The van der Waals surface area contributed by atoms with Gasteiger partial charge in [0.25, 0.3) is 0 Å². The molecule has 0 saturated heterocycles. The van der Waals surface area contributed by atoms with Gasteiger partial charge in [-0.3, -0.25) is 9.59 Å². The molecule has 1 fully saturated rings. The zero-order valence-electron chi connectivity index (χ0n) is 17.3. The number of Topliss-reactive ketones (excluding diaryl/α,β-unsaturated/α-hetero) is 1. The van der Waals surface area contributed by atoms with E-state index in [1.807, 2.05) is 0 Å². The third kappa shape index (κ3) is 2.61. The summed E-state index contributed by atoms with van der Waals surface area (Å²) in [5.74, 6) is 0.852. The topological polar surface area (TPSA) is 43.4 Å². The highest BCUT2D eigenvalue weighted by Crippen LogP contribution is 2.64. The summed E-state index contributed by atoms with van der Waals surface area (Å²) in [6, 6.07) is 0. The van der Waals surface area contributed by atoms with Gasteiger partial charge in [0.1, 0.15) is 11.9 Å². The van der Waals surface area contributed by atoms with E-state index in [2.05, 4.69) is 39.0 Å². The van der Waals surface area contributed by atoms with Crippen molar-refractivity contribution in [1.29, 1.82) is 0 Å². The minimum absolute atomic E-state index is 0.0653. The van der Waals surface area contributed by atoms with E-state index in [9.17, 15) is 9.59 Å². The molecular formula is C24H32O3. The second-order valence-corrected chi connectivity index (χ2v) is 9.69. The van der Waals surface area contributed by atoms with Crippen LogP contribution in [0.25, 0.3) is 0 Å². The summed E-state index contributed by atoms with van der Waals surface area (Å²) in [5.41, 5.74) is 4.11. The van der Waals surface area contributed by atoms with Crippen molar-refractivity contribution in [3.05, 3.63) is 34.9 Å². The molecule has 27 heavy (non-hydrogen) atoms. The number of ketones is 1. The van der Waals surface area contributed by atoms with Crippen molar-refractivity contribution in [2.45, 2.75) is 72.8 Å². The smallest absolute Gasteiger partial charge is 0.302 e. The lowest BCUT2D eigenvalue weighted by molar-refractivity contribution is -0.162. The Morgan fingerprint density at radius 3 is 2.56 bits per heavy atom. The molecule has 1 saturated carbocycles. The Hall–Kier alpha value is -1.64. The SMILES string of the molecule is CC(=O)O[C@@H]1CC2C(CC=C3C=C(C)CC[C@@]32C)C2=CCC(C(C)=O)[C@]21C. The first-order chi connectivity index (χ1) is 12.7. The van der Waals surface area contributed by atoms with E-state index in [1.54, 1.807) is 6.92 Å². The summed E-state index contributed by atoms with van der Waals surface area (Å²) < 4.78 is 5.92. The van der Waals surface area contributed by atoms with Crippen molar-refractivity contribution < 1.29 is 14.3 Å². The largest absolute Gasteiger partial charge is 0.462 e. The van der Waals surface area contributed by atoms with Crippen molar-refractivity contribution in [1.82, 2.24) is 0 Å². The minimum Gasteiger partial charge on any atom is -0.462 e. The molecule has 3 unspecified atom stereocenters. The fourth-order valence-electron chi connectivity index (χ4n) is 6.73. The Bertz CT molecular complexity index is 785. The predicted molar refractivity (Wildman–Crippen MR) is 106 cm³/mol. The van der Waals surface area contributed by atoms with Crippen LogP contribution in [-0.4, -0.2) is 17.9 Å². The van der Waals surface area contributed by atoms with Gasteiger partial charge in [0.15, 0.2) is 0 Å². The standard InChI is InChI=1S/C24H32O3/c1-14-10-11-23(4)17(12-14)6-7-18-20-9-8-19(15(2)25)24(20,5)22(13-21(18)23)27-16(3)26/h6,9,12,18-19,21-22H,7-8,10-11,13H2,1-5H3/t18?,19?,21?,22-,23+,24-/m1/s1. The van der Waals surface area contributed by atoms with Crippen LogP contribution in [-0.2, 0) is 14.3 Å². The molecule has 6 atom stereocenters. The van der Waals surface area contributed by atoms with E-state index >= 15 is 0 Å². The maximum absolute atomic E-state index is 12.4. The van der Waals surface area contributed by atoms with Gasteiger partial charge in [-0.1, -0.05) is 43.2 Å². The Labute approximate surface area is 162 Å². The van der Waals surface area contributed by atoms with Crippen LogP contribution in [0, 0.1) is 28.6 Å². The highest BCUT2D eigenvalue weighted by molar-refractivity contribution is 5.81. The first kappa shape index (κ1) is 18.7. The first-order valence-electron chi connectivity index (χ1n) is 10.4. The fourth-order valence-corrected chi connectivity index (χ4v) is 6.73. The molecule has 0 aromatic heterocycles. The highest BCUT2D eigenvalue weighted by Gasteiger charge is 2.60. The summed E-state index contributed by atoms with van der Waals surface area (Å²) in [6.45, 7) is 10.00. The molecule has 0 aliphatic heterocycles. The molecule has 0 aromatic rings. The number of rotatable bonds is 2. The number of ether oxygens (including phenoxy) is 1. The summed E-state index contributed by atoms with van der Waals surface area (Å²) >= 11 is 0. The Morgan fingerprint density at radius 2 is 1.89 bits per heavy atom. The van der Waals surface area contributed by atoms with Gasteiger partial charge in [-0.25, -0.2) is 0 Å². The molecule has 3 heteroatoms. The molecule has 0 bridgehead atoms. The minimum atomic E-state index is -0.346. The molecular weight excluding hydrogens is 336 g/mol. The van der Waals surface area contributed by atoms with Crippen LogP contribution in [0.3, 0.4) is 0 Å². The van der Waals surface area contributed by atoms with Crippen molar-refractivity contribution in [2.24, 2.45) is 28.6 Å². The number of fused-ring (bicyclic) bond motifs is 5. The van der Waals surface area contributed by atoms with Crippen LogP contribution in [0.1, 0.15) is 66.7 Å². The lowest BCUT2D eigenvalue weighted by atomic mass is 9.48. The first-order valence-corrected chi connectivity index (χ1v) is 10.4. The molecule has 0 aromatic carbocycles. The highest BCUT2D eigenvalue weighted by atomic mass is 16.5. The predicted octanol–water partition coefficient (Wildman–Crippen LogP) is 5.17. The zero-order valence-corrected chi connectivity index (χ0v) is 17.3. The third-order valence-corrected chi connectivity index (χ3v) is 8.25. The van der Waals surface area contributed by atoms with E-state index in [0.29, 0.717) is 11.8 Å². The van der Waals surface area contributed by atoms with Gasteiger partial charge in [-0.2, -0.15) is 0 Å². The summed E-state index contributed by atoms with van der Waals surface area (Å²) in [4.78, 5) is 24.4. The zero-order chi connectivity index (χ0) is 19.6. The number of allylic oxidation sites excluding steroid dienone is 5. The molecule has 0 amide bonds. The van der Waals surface area contributed by atoms with Crippen molar-refractivity contribution in [3.63, 3.8) is 0 Å². The van der Waals surface area contributed by atoms with Gasteiger partial charge in [0.05, 0.1) is 0 Å². The number of carbonyl (C=O) groups excluding carboxylic acids is 2. The molecule has 4 aliphatic rings. The Morgan fingerprint density at radius 1 is 1.15 bits per heavy atom. The maximum Gasteiger partial charge on any atom is 0.302 e. The normalized spacial score (nSPS) is 42.8. The van der Waals surface area contributed by atoms with Gasteiger partial charge >= 0.3 is 5.97 Å². The van der Waals surface area contributed by atoms with Crippen LogP contribution in [0.4, 0.5) is 0 Å². The monoisotopic (exact) mass is 368 g/mol. The maximum atomic E-state index is 12.4. The van der Waals surface area contributed by atoms with Gasteiger partial charge in [0, 0.05) is 18.3 Å². The number of esters is 1. The fraction of sp³-hybridized carbons (Fsp3) is 0.667. The molecule has 4 aliphatic carbocycles. The lowest BCUT2D eigenvalue weighted by Crippen LogP contribution is -2.54. The lowest BCUT2D eigenvalue weighted by Gasteiger charge is -2.57. The van der Waals surface area contributed by atoms with Crippen LogP contribution >= 0.6 is 0 Å². The van der Waals surface area contributed by atoms with Crippen molar-refractivity contribution in [2.75, 3.05) is 0 Å². The second kappa shape index (κ2) is 6.18. The molecule has 146 valence electrons. The van der Waals surface area contributed by atoms with Crippen LogP contribution in [0.5, 0.6) is 0 Å². The molecule has 4 rings (SSSR count). The van der Waals surface area contributed by atoms with Crippen LogP contribution in [0.15, 0.2) is 34.9 Å². The third-order valence-electron chi connectivity index (χ3n) is 8.25. The molecule has 0 heterocycles. The number of hydrogen-bond acceptors (Lipinski definition) is 3. The van der Waals surface area contributed by atoms with Gasteiger partial charge in [-0.15, -0.1) is 0 Å². The molecule has 0 spiro atoms. The van der Waals surface area contributed by atoms with E-state index < -0.39 is 0 Å². The Kier molecular flexibility index (Phi) is 4.29. The summed E-state index contributed by atoms with van der Waals surface area (Å²) in [7, 11) is 0. The molecule has 0 N–H and O–H groups in total. The van der Waals surface area contributed by atoms with Crippen LogP contribution in [0.2, 0.25) is 0 Å². The van der Waals surface area contributed by atoms with E-state index in [-0.39, 0.29) is 34.6 Å². The average Bonchev–Trinajstić information content (AvgIpc) is 2.95.